The Balaban J connectivity index is 1.90. The molecule has 0 spiro atoms. The largest absolute Gasteiger partial charge is 0.339 e. The van der Waals surface area contributed by atoms with Crippen molar-refractivity contribution in [3.05, 3.63) is 60.2 Å². The van der Waals surface area contributed by atoms with Crippen molar-refractivity contribution in [2.45, 2.75) is 13.5 Å². The van der Waals surface area contributed by atoms with E-state index in [1.54, 1.807) is 4.90 Å². The van der Waals surface area contributed by atoms with Crippen molar-refractivity contribution >= 4 is 15.2 Å². The molecule has 0 saturated heterocycles. The minimum Gasteiger partial charge on any atom is -0.324 e. The highest BCUT2D eigenvalue weighted by atomic mass is 31.2. The van der Waals surface area contributed by atoms with Gasteiger partial charge in [-0.15, -0.1) is 0 Å². The molecule has 32 heavy (non-hydrogen) atoms. The molecule has 5 N–H and O–H groups in total. The van der Waals surface area contributed by atoms with Gasteiger partial charge in [0.15, 0.2) is 0 Å². The van der Waals surface area contributed by atoms with E-state index >= 15 is 0 Å². The molecule has 0 heterocycles. The van der Waals surface area contributed by atoms with Crippen LogP contribution in [0, 0.1) is 0 Å². The molecule has 0 unspecified atom stereocenters. The Labute approximate surface area is 189 Å². The van der Waals surface area contributed by atoms with Crippen LogP contribution in [0.15, 0.2) is 54.6 Å². The Hall–Kier alpha value is -1.38. The van der Waals surface area contributed by atoms with Crippen molar-refractivity contribution in [2.75, 3.05) is 45.3 Å². The molecular weight excluding hydrogens is 452 g/mol. The van der Waals surface area contributed by atoms with Crippen LogP contribution < -0.4 is 5.32 Å². The van der Waals surface area contributed by atoms with Gasteiger partial charge < -0.3 is 24.9 Å². The second-order valence-electron chi connectivity index (χ2n) is 7.68. The lowest BCUT2D eigenvalue weighted by molar-refractivity contribution is 0.211. The van der Waals surface area contributed by atoms with Gasteiger partial charge in [-0.1, -0.05) is 61.5 Å². The number of rotatable bonds is 14. The summed E-state index contributed by atoms with van der Waals surface area (Å²) in [5.41, 5.74) is 3.45. The first-order valence-corrected chi connectivity index (χ1v) is 14.0. The van der Waals surface area contributed by atoms with Crippen molar-refractivity contribution in [3.63, 3.8) is 0 Å². The average molecular weight is 485 g/mol. The minimum atomic E-state index is -4.25. The van der Waals surface area contributed by atoms with E-state index in [-0.39, 0.29) is 13.1 Å². The Morgan fingerprint density at radius 3 is 1.94 bits per heavy atom. The molecule has 0 aromatic heterocycles. The van der Waals surface area contributed by atoms with Crippen molar-refractivity contribution in [3.8, 4) is 11.1 Å². The molecule has 178 valence electrons. The summed E-state index contributed by atoms with van der Waals surface area (Å²) >= 11 is 0. The van der Waals surface area contributed by atoms with E-state index in [2.05, 4.69) is 46.6 Å². The standard InChI is InChI=1S/C21H33N3O6P2/c1-2-23(16-19-8-10-21(11-9-19)20-6-4-3-5-7-20)14-15-24(18-32(28,29)30)13-12-22-17-31(25,26)27/h3-11,22H,2,12-18H2,1H3,(H2,25,26,27)(H2,28,29,30). The summed E-state index contributed by atoms with van der Waals surface area (Å²) in [6, 6.07) is 18.5. The van der Waals surface area contributed by atoms with E-state index in [9.17, 15) is 18.9 Å². The van der Waals surface area contributed by atoms with E-state index in [1.165, 1.54) is 0 Å². The molecule has 0 radical (unpaired) electrons. The van der Waals surface area contributed by atoms with Crippen molar-refractivity contribution in [1.82, 2.24) is 15.1 Å². The number of hydrogen-bond donors (Lipinski definition) is 5. The molecule has 2 aromatic rings. The average Bonchev–Trinajstić information content (AvgIpc) is 2.73. The second kappa shape index (κ2) is 12.8. The van der Waals surface area contributed by atoms with E-state index < -0.39 is 27.8 Å². The molecule has 0 fully saturated rings. The summed E-state index contributed by atoms with van der Waals surface area (Å²) < 4.78 is 22.4. The fourth-order valence-electron chi connectivity index (χ4n) is 3.30. The summed E-state index contributed by atoms with van der Waals surface area (Å²) in [5, 5.41) is 2.63. The Bertz CT molecular complexity index is 902. The highest BCUT2D eigenvalue weighted by Crippen LogP contribution is 2.35. The van der Waals surface area contributed by atoms with Crippen molar-refractivity contribution in [2.24, 2.45) is 0 Å². The second-order valence-corrected chi connectivity index (χ2v) is 10.9. The predicted octanol–water partition coefficient (Wildman–Crippen LogP) is 2.34. The summed E-state index contributed by atoms with van der Waals surface area (Å²) in [4.78, 5) is 40.3. The van der Waals surface area contributed by atoms with Gasteiger partial charge >= 0.3 is 15.2 Å². The van der Waals surface area contributed by atoms with E-state index in [1.807, 2.05) is 25.1 Å². The van der Waals surface area contributed by atoms with Gasteiger partial charge in [0.05, 0.1) is 6.29 Å². The fourth-order valence-corrected chi connectivity index (χ4v) is 4.55. The molecule has 11 heteroatoms. The molecule has 0 aliphatic heterocycles. The summed E-state index contributed by atoms with van der Waals surface area (Å²) in [6.07, 6.45) is -0.856. The van der Waals surface area contributed by atoms with Crippen LogP contribution in [0.4, 0.5) is 0 Å². The SMILES string of the molecule is CCN(CCN(CCNCP(=O)(O)O)CP(=O)(O)O)Cc1ccc(-c2ccccc2)cc1. The molecule has 2 rings (SSSR count). The summed E-state index contributed by atoms with van der Waals surface area (Å²) in [5.74, 6) is 0. The first kappa shape index (κ1) is 26.9. The molecule has 0 saturated carbocycles. The maximum Gasteiger partial charge on any atom is 0.339 e. The van der Waals surface area contributed by atoms with E-state index in [0.29, 0.717) is 19.6 Å². The molecule has 2 aromatic carbocycles. The zero-order valence-electron chi connectivity index (χ0n) is 18.2. The lowest BCUT2D eigenvalue weighted by Crippen LogP contribution is -2.39. The normalized spacial score (nSPS) is 12.6. The molecular formula is C21H33N3O6P2. The van der Waals surface area contributed by atoms with Gasteiger partial charge in [-0.25, -0.2) is 0 Å². The van der Waals surface area contributed by atoms with Gasteiger partial charge in [-0.3, -0.25) is 18.9 Å². The van der Waals surface area contributed by atoms with E-state index in [0.717, 1.165) is 23.2 Å². The third kappa shape index (κ3) is 11.0. The van der Waals surface area contributed by atoms with Crippen LogP contribution in [0.2, 0.25) is 0 Å². The zero-order valence-corrected chi connectivity index (χ0v) is 20.0. The van der Waals surface area contributed by atoms with Gasteiger partial charge in [-0.2, -0.15) is 0 Å². The maximum absolute atomic E-state index is 11.5. The number of hydrogen-bond acceptors (Lipinski definition) is 5. The minimum absolute atomic E-state index is 0.220. The van der Waals surface area contributed by atoms with Gasteiger partial charge in [0.1, 0.15) is 6.29 Å². The molecule has 0 amide bonds. The van der Waals surface area contributed by atoms with Crippen LogP contribution in [0.1, 0.15) is 12.5 Å². The maximum atomic E-state index is 11.5. The van der Waals surface area contributed by atoms with E-state index in [4.69, 9.17) is 9.79 Å². The van der Waals surface area contributed by atoms with Crippen LogP contribution in [-0.4, -0.2) is 74.7 Å². The number of nitrogens with one attached hydrogen (secondary N) is 1. The highest BCUT2D eigenvalue weighted by molar-refractivity contribution is 7.51. The van der Waals surface area contributed by atoms with Gasteiger partial charge in [0.25, 0.3) is 0 Å². The Kier molecular flexibility index (Phi) is 10.7. The third-order valence-electron chi connectivity index (χ3n) is 4.95. The zero-order chi connectivity index (χ0) is 23.6. The number of likely N-dealkylation sites (N-methyl/N-ethyl adjacent to an activating group) is 1. The number of benzene rings is 2. The van der Waals surface area contributed by atoms with Crippen LogP contribution in [0.3, 0.4) is 0 Å². The summed E-state index contributed by atoms with van der Waals surface area (Å²) in [6.45, 7) is 5.06. The molecule has 0 bridgehead atoms. The predicted molar refractivity (Wildman–Crippen MR) is 126 cm³/mol. The Morgan fingerprint density at radius 1 is 0.781 bits per heavy atom. The van der Waals surface area contributed by atoms with Gasteiger partial charge in [-0.05, 0) is 23.2 Å². The first-order valence-electron chi connectivity index (χ1n) is 10.4. The fraction of sp³-hybridized carbons (Fsp3) is 0.429. The van der Waals surface area contributed by atoms with Crippen LogP contribution in [0.5, 0.6) is 0 Å². The summed E-state index contributed by atoms with van der Waals surface area (Å²) in [7, 11) is -8.40. The molecule has 9 nitrogen and oxygen atoms in total. The lowest BCUT2D eigenvalue weighted by atomic mass is 10.0. The van der Waals surface area contributed by atoms with Gasteiger partial charge in [0, 0.05) is 32.7 Å². The first-order chi connectivity index (χ1) is 15.1. The monoisotopic (exact) mass is 485 g/mol. The third-order valence-corrected chi connectivity index (χ3v) is 6.36. The van der Waals surface area contributed by atoms with Crippen molar-refractivity contribution < 1.29 is 28.7 Å². The smallest absolute Gasteiger partial charge is 0.324 e. The van der Waals surface area contributed by atoms with Crippen LogP contribution in [0.25, 0.3) is 11.1 Å². The van der Waals surface area contributed by atoms with Gasteiger partial charge in [0.2, 0.25) is 0 Å². The molecule has 0 atom stereocenters. The quantitative estimate of drug-likeness (QED) is 0.202. The topological polar surface area (TPSA) is 134 Å². The highest BCUT2D eigenvalue weighted by Gasteiger charge is 2.20. The van der Waals surface area contributed by atoms with Crippen LogP contribution in [-0.2, 0) is 15.7 Å². The lowest BCUT2D eigenvalue weighted by Gasteiger charge is -2.27. The Morgan fingerprint density at radius 2 is 1.38 bits per heavy atom. The molecule has 0 aliphatic rings. The molecule has 0 aliphatic carbocycles. The van der Waals surface area contributed by atoms with Crippen LogP contribution >= 0.6 is 15.2 Å². The van der Waals surface area contributed by atoms with Crippen molar-refractivity contribution in [1.29, 1.82) is 0 Å². The number of nitrogens with zero attached hydrogens (tertiary/aromatic N) is 2.